The first-order chi connectivity index (χ1) is 8.03. The fourth-order valence-corrected chi connectivity index (χ4v) is 1.84. The number of aryl methyl sites for hydroxylation is 1. The van der Waals surface area contributed by atoms with Crippen molar-refractivity contribution >= 4 is 5.97 Å². The topological polar surface area (TPSA) is 67.2 Å². The molecule has 5 heteroatoms. The zero-order valence-corrected chi connectivity index (χ0v) is 10.7. The molecule has 0 amide bonds. The maximum atomic E-state index is 11.2. The number of carbonyl (C=O) groups is 1. The molecule has 17 heavy (non-hydrogen) atoms. The molecule has 0 spiro atoms. The van der Waals surface area contributed by atoms with E-state index in [0.717, 1.165) is 18.7 Å². The highest BCUT2D eigenvalue weighted by molar-refractivity contribution is 5.78. The van der Waals surface area contributed by atoms with E-state index in [9.17, 15) is 9.90 Å². The highest BCUT2D eigenvalue weighted by Crippen LogP contribution is 2.13. The maximum absolute atomic E-state index is 11.2. The van der Waals surface area contributed by atoms with E-state index < -0.39 is 11.5 Å². The summed E-state index contributed by atoms with van der Waals surface area (Å²) in [7, 11) is 0. The molecular weight excluding hydrogens is 218 g/mol. The first-order valence-corrected chi connectivity index (χ1v) is 6.01. The Bertz CT molecular complexity index is 376. The van der Waals surface area contributed by atoms with E-state index in [4.69, 9.17) is 0 Å². The van der Waals surface area contributed by atoms with Gasteiger partial charge in [0.05, 0.1) is 12.0 Å². The molecule has 1 heterocycles. The number of nitrogens with one attached hydrogen (secondary N) is 1. The molecule has 1 atom stereocenters. The van der Waals surface area contributed by atoms with E-state index >= 15 is 0 Å². The number of hydrogen-bond acceptors (Lipinski definition) is 3. The summed E-state index contributed by atoms with van der Waals surface area (Å²) in [6, 6.07) is 0. The number of carboxylic acids is 1. The Morgan fingerprint density at radius 1 is 1.59 bits per heavy atom. The summed E-state index contributed by atoms with van der Waals surface area (Å²) in [5, 5.41) is 12.3. The minimum atomic E-state index is -0.864. The summed E-state index contributed by atoms with van der Waals surface area (Å²) in [5.41, 5.74) is 0.147. The van der Waals surface area contributed by atoms with Crippen LogP contribution in [0.5, 0.6) is 0 Å². The van der Waals surface area contributed by atoms with Gasteiger partial charge in [0.25, 0.3) is 0 Å². The quantitative estimate of drug-likeness (QED) is 0.759. The number of hydrogen-bond donors (Lipinski definition) is 2. The van der Waals surface area contributed by atoms with Gasteiger partial charge >= 0.3 is 5.97 Å². The minimum absolute atomic E-state index is 0.524. The standard InChI is InChI=1S/C12H21N3O2/c1-4-6-12(3,11(16)17)14-8-10-7-13-9-15(10)5-2/h7,9,14H,4-6,8H2,1-3H3,(H,16,17). The van der Waals surface area contributed by atoms with Crippen LogP contribution >= 0.6 is 0 Å². The Morgan fingerprint density at radius 2 is 2.29 bits per heavy atom. The average Bonchev–Trinajstić information content (AvgIpc) is 2.74. The molecule has 2 N–H and O–H groups in total. The molecule has 0 bridgehead atoms. The summed E-state index contributed by atoms with van der Waals surface area (Å²) < 4.78 is 2.00. The third-order valence-corrected chi connectivity index (χ3v) is 3.02. The number of aliphatic carboxylic acids is 1. The molecule has 0 aliphatic carbocycles. The fraction of sp³-hybridized carbons (Fsp3) is 0.667. The fourth-order valence-electron chi connectivity index (χ4n) is 1.84. The van der Waals surface area contributed by atoms with Crippen LogP contribution in [0.3, 0.4) is 0 Å². The van der Waals surface area contributed by atoms with Crippen molar-refractivity contribution in [3.8, 4) is 0 Å². The molecule has 0 aromatic carbocycles. The van der Waals surface area contributed by atoms with Crippen molar-refractivity contribution in [2.24, 2.45) is 0 Å². The van der Waals surface area contributed by atoms with Gasteiger partial charge in [0.15, 0.2) is 0 Å². The van der Waals surface area contributed by atoms with Gasteiger partial charge in [0.1, 0.15) is 5.54 Å². The molecular formula is C12H21N3O2. The zero-order valence-electron chi connectivity index (χ0n) is 10.7. The van der Waals surface area contributed by atoms with Crippen LogP contribution in [-0.4, -0.2) is 26.2 Å². The predicted octanol–water partition coefficient (Wildman–Crippen LogP) is 1.64. The highest BCUT2D eigenvalue weighted by Gasteiger charge is 2.31. The Kier molecular flexibility index (Phi) is 4.69. The molecule has 0 radical (unpaired) electrons. The molecule has 1 rings (SSSR count). The number of imidazole rings is 1. The van der Waals surface area contributed by atoms with Crippen LogP contribution < -0.4 is 5.32 Å². The Hall–Kier alpha value is -1.36. The number of aromatic nitrogens is 2. The van der Waals surface area contributed by atoms with Gasteiger partial charge in [-0.2, -0.15) is 0 Å². The summed E-state index contributed by atoms with van der Waals surface area (Å²) in [6.07, 6.45) is 4.98. The van der Waals surface area contributed by atoms with Crippen molar-refractivity contribution in [3.63, 3.8) is 0 Å². The monoisotopic (exact) mass is 239 g/mol. The van der Waals surface area contributed by atoms with E-state index in [1.54, 1.807) is 19.4 Å². The second-order valence-corrected chi connectivity index (χ2v) is 4.41. The van der Waals surface area contributed by atoms with Crippen molar-refractivity contribution in [2.75, 3.05) is 0 Å². The lowest BCUT2D eigenvalue weighted by molar-refractivity contribution is -0.144. The van der Waals surface area contributed by atoms with Gasteiger partial charge in [-0.25, -0.2) is 4.98 Å². The van der Waals surface area contributed by atoms with E-state index in [2.05, 4.69) is 10.3 Å². The van der Waals surface area contributed by atoms with E-state index in [1.807, 2.05) is 18.4 Å². The summed E-state index contributed by atoms with van der Waals surface area (Å²) >= 11 is 0. The van der Waals surface area contributed by atoms with Gasteiger partial charge in [-0.1, -0.05) is 13.3 Å². The van der Waals surface area contributed by atoms with Crippen LogP contribution in [0.25, 0.3) is 0 Å². The van der Waals surface area contributed by atoms with Crippen molar-refractivity contribution in [3.05, 3.63) is 18.2 Å². The molecule has 0 saturated heterocycles. The van der Waals surface area contributed by atoms with E-state index in [-0.39, 0.29) is 0 Å². The van der Waals surface area contributed by atoms with Crippen LogP contribution in [0.15, 0.2) is 12.5 Å². The normalized spacial score (nSPS) is 14.5. The molecule has 5 nitrogen and oxygen atoms in total. The molecule has 0 aliphatic heterocycles. The second-order valence-electron chi connectivity index (χ2n) is 4.41. The molecule has 0 aliphatic rings. The minimum Gasteiger partial charge on any atom is -0.480 e. The smallest absolute Gasteiger partial charge is 0.323 e. The van der Waals surface area contributed by atoms with Gasteiger partial charge in [-0.15, -0.1) is 0 Å². The van der Waals surface area contributed by atoms with Gasteiger partial charge in [-0.3, -0.25) is 10.1 Å². The molecule has 1 aromatic rings. The van der Waals surface area contributed by atoms with Crippen molar-refractivity contribution in [2.45, 2.75) is 52.2 Å². The van der Waals surface area contributed by atoms with Crippen LogP contribution in [0, 0.1) is 0 Å². The van der Waals surface area contributed by atoms with Gasteiger partial charge in [-0.05, 0) is 20.3 Å². The van der Waals surface area contributed by atoms with E-state index in [1.165, 1.54) is 0 Å². The summed E-state index contributed by atoms with van der Waals surface area (Å²) in [6.45, 7) is 7.11. The Labute approximate surface area is 102 Å². The second kappa shape index (κ2) is 5.82. The molecule has 1 aromatic heterocycles. The lowest BCUT2D eigenvalue weighted by Gasteiger charge is -2.26. The van der Waals surface area contributed by atoms with Gasteiger partial charge in [0.2, 0.25) is 0 Å². The van der Waals surface area contributed by atoms with Crippen LogP contribution in [-0.2, 0) is 17.9 Å². The number of carboxylic acid groups (broad SMARTS) is 1. The third kappa shape index (κ3) is 3.30. The predicted molar refractivity (Wildman–Crippen MR) is 65.7 cm³/mol. The van der Waals surface area contributed by atoms with Crippen molar-refractivity contribution in [1.82, 2.24) is 14.9 Å². The van der Waals surface area contributed by atoms with E-state index in [0.29, 0.717) is 13.0 Å². The zero-order chi connectivity index (χ0) is 12.9. The summed E-state index contributed by atoms with van der Waals surface area (Å²) in [4.78, 5) is 15.3. The lowest BCUT2D eigenvalue weighted by Crippen LogP contribution is -2.49. The van der Waals surface area contributed by atoms with Gasteiger partial charge < -0.3 is 9.67 Å². The summed E-state index contributed by atoms with van der Waals surface area (Å²) in [5.74, 6) is -0.804. The van der Waals surface area contributed by atoms with Crippen molar-refractivity contribution < 1.29 is 9.90 Å². The van der Waals surface area contributed by atoms with Crippen LogP contribution in [0.2, 0.25) is 0 Å². The molecule has 0 saturated carbocycles. The van der Waals surface area contributed by atoms with Gasteiger partial charge in [0, 0.05) is 19.3 Å². The lowest BCUT2D eigenvalue weighted by atomic mass is 9.96. The molecule has 0 fully saturated rings. The highest BCUT2D eigenvalue weighted by atomic mass is 16.4. The first kappa shape index (κ1) is 13.7. The number of nitrogens with zero attached hydrogens (tertiary/aromatic N) is 2. The SMILES string of the molecule is CCCC(C)(NCc1cncn1CC)C(=O)O. The first-order valence-electron chi connectivity index (χ1n) is 6.01. The van der Waals surface area contributed by atoms with Crippen LogP contribution in [0.1, 0.15) is 39.3 Å². The Balaban J connectivity index is 2.67. The van der Waals surface area contributed by atoms with Crippen molar-refractivity contribution in [1.29, 1.82) is 0 Å². The number of rotatable bonds is 7. The molecule has 1 unspecified atom stereocenters. The Morgan fingerprint density at radius 3 is 2.82 bits per heavy atom. The van der Waals surface area contributed by atoms with Crippen LogP contribution in [0.4, 0.5) is 0 Å². The third-order valence-electron chi connectivity index (χ3n) is 3.02. The molecule has 96 valence electrons. The largest absolute Gasteiger partial charge is 0.480 e. The maximum Gasteiger partial charge on any atom is 0.323 e. The average molecular weight is 239 g/mol.